The van der Waals surface area contributed by atoms with Crippen molar-refractivity contribution in [1.82, 2.24) is 10.2 Å². The molecule has 1 aromatic carbocycles. The minimum atomic E-state index is -0.341. The van der Waals surface area contributed by atoms with Crippen molar-refractivity contribution in [3.8, 4) is 0 Å². The highest BCUT2D eigenvalue weighted by Crippen LogP contribution is 2.31. The van der Waals surface area contributed by atoms with Gasteiger partial charge >= 0.3 is 6.09 Å². The first kappa shape index (κ1) is 14.4. The summed E-state index contributed by atoms with van der Waals surface area (Å²) in [4.78, 5) is 14.1. The molecule has 1 amide bonds. The first-order valence-electron chi connectivity index (χ1n) is 7.35. The van der Waals surface area contributed by atoms with E-state index in [0.29, 0.717) is 19.7 Å². The summed E-state index contributed by atoms with van der Waals surface area (Å²) in [6.07, 6.45) is -0.262. The molecule has 0 aromatic heterocycles. The number of benzene rings is 1. The molecule has 1 aromatic rings. The molecule has 0 saturated carbocycles. The zero-order valence-electron chi connectivity index (χ0n) is 12.6. The molecule has 0 aliphatic carbocycles. The summed E-state index contributed by atoms with van der Waals surface area (Å²) in [6.45, 7) is 7.08. The van der Waals surface area contributed by atoms with Crippen LogP contribution >= 0.6 is 0 Å². The average Bonchev–Trinajstić information content (AvgIpc) is 2.42. The summed E-state index contributed by atoms with van der Waals surface area (Å²) in [5.41, 5.74) is 0.415. The third-order valence-corrected chi connectivity index (χ3v) is 3.90. The molecule has 114 valence electrons. The molecule has 21 heavy (non-hydrogen) atoms. The number of carbonyl (C=O) groups is 1. The predicted molar refractivity (Wildman–Crippen MR) is 79.0 cm³/mol. The van der Waals surface area contributed by atoms with Crippen LogP contribution in [0.3, 0.4) is 0 Å². The van der Waals surface area contributed by atoms with Gasteiger partial charge in [0.15, 0.2) is 0 Å². The van der Waals surface area contributed by atoms with Crippen molar-refractivity contribution < 1.29 is 14.3 Å². The van der Waals surface area contributed by atoms with Crippen LogP contribution in [0, 0.1) is 0 Å². The second-order valence-electron chi connectivity index (χ2n) is 6.54. The maximum absolute atomic E-state index is 12.3. The van der Waals surface area contributed by atoms with E-state index in [4.69, 9.17) is 9.47 Å². The number of nitrogens with zero attached hydrogens (tertiary/aromatic N) is 1. The largest absolute Gasteiger partial charge is 0.445 e. The number of morpholine rings is 1. The van der Waals surface area contributed by atoms with Crippen LogP contribution in [0.15, 0.2) is 30.3 Å². The molecule has 0 unspecified atom stereocenters. The molecule has 1 spiro atoms. The lowest BCUT2D eigenvalue weighted by Gasteiger charge is -2.54. The molecule has 3 rings (SSSR count). The first-order chi connectivity index (χ1) is 9.98. The maximum atomic E-state index is 12.3. The van der Waals surface area contributed by atoms with Crippen LogP contribution in [-0.4, -0.2) is 48.4 Å². The van der Waals surface area contributed by atoms with Crippen molar-refractivity contribution in [2.75, 3.05) is 26.2 Å². The monoisotopic (exact) mass is 290 g/mol. The van der Waals surface area contributed by atoms with E-state index in [1.165, 1.54) is 0 Å². The number of carbonyl (C=O) groups excluding carboxylic acids is 1. The van der Waals surface area contributed by atoms with Gasteiger partial charge in [-0.2, -0.15) is 0 Å². The van der Waals surface area contributed by atoms with E-state index in [2.05, 4.69) is 5.32 Å². The van der Waals surface area contributed by atoms with E-state index < -0.39 is 0 Å². The molecule has 2 fully saturated rings. The fourth-order valence-corrected chi connectivity index (χ4v) is 3.04. The van der Waals surface area contributed by atoms with Gasteiger partial charge in [-0.05, 0) is 19.4 Å². The number of hydrogen-bond acceptors (Lipinski definition) is 4. The van der Waals surface area contributed by atoms with Crippen molar-refractivity contribution in [1.29, 1.82) is 0 Å². The zero-order valence-corrected chi connectivity index (χ0v) is 12.6. The van der Waals surface area contributed by atoms with Crippen LogP contribution < -0.4 is 5.32 Å². The van der Waals surface area contributed by atoms with Crippen LogP contribution in [0.4, 0.5) is 4.79 Å². The Kier molecular flexibility index (Phi) is 3.63. The zero-order chi connectivity index (χ0) is 14.9. The van der Waals surface area contributed by atoms with Gasteiger partial charge in [0.1, 0.15) is 12.2 Å². The number of rotatable bonds is 2. The Bertz CT molecular complexity index is 512. The minimum Gasteiger partial charge on any atom is -0.445 e. The average molecular weight is 290 g/mol. The number of hydrogen-bond donors (Lipinski definition) is 1. The minimum absolute atomic E-state index is 0.243. The van der Waals surface area contributed by atoms with Gasteiger partial charge in [0.2, 0.25) is 0 Å². The maximum Gasteiger partial charge on any atom is 0.410 e. The van der Waals surface area contributed by atoms with Gasteiger partial charge in [0.05, 0.1) is 18.7 Å². The second-order valence-corrected chi connectivity index (χ2v) is 6.54. The van der Waals surface area contributed by atoms with E-state index in [1.54, 1.807) is 4.90 Å². The van der Waals surface area contributed by atoms with Crippen molar-refractivity contribution in [2.45, 2.75) is 31.7 Å². The third-order valence-electron chi connectivity index (χ3n) is 3.90. The topological polar surface area (TPSA) is 50.8 Å². The highest BCUT2D eigenvalue weighted by Gasteiger charge is 2.49. The van der Waals surface area contributed by atoms with E-state index in [9.17, 15) is 4.79 Å². The van der Waals surface area contributed by atoms with E-state index in [-0.39, 0.29) is 17.3 Å². The van der Waals surface area contributed by atoms with Gasteiger partial charge in [-0.1, -0.05) is 30.3 Å². The fraction of sp³-hybridized carbons (Fsp3) is 0.562. The Balaban J connectivity index is 1.61. The van der Waals surface area contributed by atoms with Gasteiger partial charge in [-0.3, -0.25) is 0 Å². The van der Waals surface area contributed by atoms with Crippen molar-refractivity contribution in [3.05, 3.63) is 35.9 Å². The molecule has 5 nitrogen and oxygen atoms in total. The van der Waals surface area contributed by atoms with Crippen molar-refractivity contribution in [2.24, 2.45) is 0 Å². The normalized spacial score (nSPS) is 22.7. The molecule has 2 aliphatic rings. The van der Waals surface area contributed by atoms with Crippen molar-refractivity contribution >= 4 is 6.09 Å². The molecule has 2 saturated heterocycles. The fourth-order valence-electron chi connectivity index (χ4n) is 3.04. The SMILES string of the molecule is CC1(C)CN(C(=O)OCc2ccccc2)CC2(CNC2)O1. The summed E-state index contributed by atoms with van der Waals surface area (Å²) < 4.78 is 11.6. The van der Waals surface area contributed by atoms with Crippen molar-refractivity contribution in [3.63, 3.8) is 0 Å². The van der Waals surface area contributed by atoms with Crippen LogP contribution in [0.2, 0.25) is 0 Å². The van der Waals surface area contributed by atoms with Crippen LogP contribution in [0.1, 0.15) is 19.4 Å². The molecule has 0 bridgehead atoms. The summed E-state index contributed by atoms with van der Waals surface area (Å²) in [5.74, 6) is 0. The molecule has 2 heterocycles. The van der Waals surface area contributed by atoms with Gasteiger partial charge in [-0.15, -0.1) is 0 Å². The van der Waals surface area contributed by atoms with Gasteiger partial charge in [0, 0.05) is 13.1 Å². The smallest absolute Gasteiger partial charge is 0.410 e. The quantitative estimate of drug-likeness (QED) is 0.902. The lowest BCUT2D eigenvalue weighted by Crippen LogP contribution is -2.73. The molecule has 2 aliphatic heterocycles. The van der Waals surface area contributed by atoms with E-state index in [1.807, 2.05) is 44.2 Å². The number of amides is 1. The van der Waals surface area contributed by atoms with Crippen LogP contribution in [-0.2, 0) is 16.1 Å². The first-order valence-corrected chi connectivity index (χ1v) is 7.35. The third kappa shape index (κ3) is 3.19. The Labute approximate surface area is 125 Å². The van der Waals surface area contributed by atoms with E-state index in [0.717, 1.165) is 18.7 Å². The Morgan fingerprint density at radius 3 is 2.62 bits per heavy atom. The predicted octanol–water partition coefficient (Wildman–Crippen LogP) is 1.78. The van der Waals surface area contributed by atoms with E-state index >= 15 is 0 Å². The Morgan fingerprint density at radius 1 is 1.29 bits per heavy atom. The standard InChI is InChI=1S/C16H22N2O3/c1-15(2)11-18(12-16(21-15)9-17-10-16)14(19)20-8-13-6-4-3-5-7-13/h3-7,17H,8-12H2,1-2H3. The molecular weight excluding hydrogens is 268 g/mol. The molecule has 0 atom stereocenters. The van der Waals surface area contributed by atoms with Gasteiger partial charge in [0.25, 0.3) is 0 Å². The Hall–Kier alpha value is -1.59. The summed E-state index contributed by atoms with van der Waals surface area (Å²) >= 11 is 0. The lowest BCUT2D eigenvalue weighted by molar-refractivity contribution is -0.209. The van der Waals surface area contributed by atoms with Crippen LogP contribution in [0.25, 0.3) is 0 Å². The summed E-state index contributed by atoms with van der Waals surface area (Å²) in [7, 11) is 0. The van der Waals surface area contributed by atoms with Gasteiger partial charge < -0.3 is 19.7 Å². The van der Waals surface area contributed by atoms with Crippen LogP contribution in [0.5, 0.6) is 0 Å². The highest BCUT2D eigenvalue weighted by atomic mass is 16.6. The summed E-state index contributed by atoms with van der Waals surface area (Å²) in [5, 5.41) is 3.22. The summed E-state index contributed by atoms with van der Waals surface area (Å²) in [6, 6.07) is 9.73. The molecule has 0 radical (unpaired) electrons. The number of nitrogens with one attached hydrogen (secondary N) is 1. The molecular formula is C16H22N2O3. The lowest BCUT2D eigenvalue weighted by atomic mass is 9.91. The molecule has 1 N–H and O–H groups in total. The van der Waals surface area contributed by atoms with Gasteiger partial charge in [-0.25, -0.2) is 4.79 Å². The second kappa shape index (κ2) is 5.31. The molecule has 5 heteroatoms. The highest BCUT2D eigenvalue weighted by molar-refractivity contribution is 5.68. The number of ether oxygens (including phenoxy) is 2. The Morgan fingerprint density at radius 2 is 2.00 bits per heavy atom.